The van der Waals surface area contributed by atoms with Gasteiger partial charge in [-0.3, -0.25) is 0 Å². The average molecular weight is 388 g/mol. The molecule has 1 aliphatic rings. The molecule has 28 heavy (non-hydrogen) atoms. The largest absolute Gasteiger partial charge is 0.496 e. The molecule has 6 heteroatoms. The van der Waals surface area contributed by atoms with Crippen molar-refractivity contribution in [1.29, 1.82) is 0 Å². The van der Waals surface area contributed by atoms with E-state index in [1.807, 2.05) is 19.1 Å². The van der Waals surface area contributed by atoms with Gasteiger partial charge in [0.15, 0.2) is 0 Å². The molecule has 4 atom stereocenters. The van der Waals surface area contributed by atoms with Crippen LogP contribution >= 0.6 is 0 Å². The molecule has 0 saturated carbocycles. The summed E-state index contributed by atoms with van der Waals surface area (Å²) >= 11 is 0. The van der Waals surface area contributed by atoms with Crippen LogP contribution < -0.4 is 10.4 Å². The lowest BCUT2D eigenvalue weighted by atomic mass is 9.87. The van der Waals surface area contributed by atoms with Gasteiger partial charge in [0.1, 0.15) is 28.8 Å². The first-order chi connectivity index (χ1) is 13.1. The second-order valence-electron chi connectivity index (χ2n) is 7.18. The molecule has 0 spiro atoms. The first-order valence-corrected chi connectivity index (χ1v) is 9.08. The summed E-state index contributed by atoms with van der Waals surface area (Å²) in [7, 11) is 1.51. The first-order valence-electron chi connectivity index (χ1n) is 9.08. The predicted octanol–water partition coefficient (Wildman–Crippen LogP) is 2.93. The SMILES string of the molecule is COc1cc(=O)oc(C=CC=CC=CC=C[C@]2(C)O[C@H](C)[C@](C)(O)[C@H]2O)c1C. The van der Waals surface area contributed by atoms with Crippen LogP contribution in [-0.4, -0.2) is 40.7 Å². The molecule has 1 aliphatic heterocycles. The highest BCUT2D eigenvalue weighted by Gasteiger charge is 2.55. The molecule has 6 nitrogen and oxygen atoms in total. The van der Waals surface area contributed by atoms with Gasteiger partial charge in [0, 0.05) is 5.56 Å². The third-order valence-corrected chi connectivity index (χ3v) is 5.00. The Balaban J connectivity index is 1.96. The highest BCUT2D eigenvalue weighted by Crippen LogP contribution is 2.38. The van der Waals surface area contributed by atoms with E-state index in [2.05, 4.69) is 0 Å². The highest BCUT2D eigenvalue weighted by molar-refractivity contribution is 5.52. The van der Waals surface area contributed by atoms with Crippen LogP contribution in [0.4, 0.5) is 0 Å². The summed E-state index contributed by atoms with van der Waals surface area (Å²) in [6, 6.07) is 1.31. The van der Waals surface area contributed by atoms with Crippen molar-refractivity contribution in [2.75, 3.05) is 7.11 Å². The zero-order chi connectivity index (χ0) is 20.9. The maximum Gasteiger partial charge on any atom is 0.339 e. The Morgan fingerprint density at radius 1 is 1.14 bits per heavy atom. The third kappa shape index (κ3) is 4.70. The van der Waals surface area contributed by atoms with Crippen LogP contribution in [0.5, 0.6) is 5.75 Å². The summed E-state index contributed by atoms with van der Waals surface area (Å²) in [5.41, 5.74) is -1.95. The summed E-state index contributed by atoms with van der Waals surface area (Å²) in [6.45, 7) is 6.86. The van der Waals surface area contributed by atoms with Crippen molar-refractivity contribution in [3.63, 3.8) is 0 Å². The van der Waals surface area contributed by atoms with Gasteiger partial charge in [-0.05, 0) is 33.8 Å². The minimum Gasteiger partial charge on any atom is -0.496 e. The van der Waals surface area contributed by atoms with Gasteiger partial charge in [0.25, 0.3) is 0 Å². The van der Waals surface area contributed by atoms with Crippen LogP contribution in [0.1, 0.15) is 32.1 Å². The van der Waals surface area contributed by atoms with Crippen molar-refractivity contribution >= 4 is 6.08 Å². The van der Waals surface area contributed by atoms with Gasteiger partial charge in [0.05, 0.1) is 19.3 Å². The second-order valence-corrected chi connectivity index (χ2v) is 7.18. The van der Waals surface area contributed by atoms with E-state index in [1.165, 1.54) is 13.2 Å². The molecule has 1 aromatic heterocycles. The summed E-state index contributed by atoms with van der Waals surface area (Å²) in [5, 5.41) is 20.5. The number of rotatable bonds is 6. The maximum absolute atomic E-state index is 11.5. The number of allylic oxidation sites excluding steroid dienone is 6. The number of methoxy groups -OCH3 is 1. The van der Waals surface area contributed by atoms with E-state index in [0.29, 0.717) is 11.5 Å². The molecule has 0 radical (unpaired) electrons. The fraction of sp³-hybridized carbons (Fsp3) is 0.409. The fourth-order valence-electron chi connectivity index (χ4n) is 3.07. The molecular formula is C22H28O6. The van der Waals surface area contributed by atoms with Crippen molar-refractivity contribution in [3.8, 4) is 5.75 Å². The van der Waals surface area contributed by atoms with Crippen molar-refractivity contribution in [2.45, 2.75) is 51.1 Å². The van der Waals surface area contributed by atoms with Crippen LogP contribution in [0, 0.1) is 6.92 Å². The van der Waals surface area contributed by atoms with Crippen LogP contribution in [-0.2, 0) is 4.74 Å². The van der Waals surface area contributed by atoms with Gasteiger partial charge < -0.3 is 24.1 Å². The van der Waals surface area contributed by atoms with Gasteiger partial charge in [-0.2, -0.15) is 0 Å². The fourth-order valence-corrected chi connectivity index (χ4v) is 3.07. The zero-order valence-corrected chi connectivity index (χ0v) is 16.9. The van der Waals surface area contributed by atoms with E-state index < -0.39 is 29.0 Å². The van der Waals surface area contributed by atoms with E-state index in [0.717, 1.165) is 5.56 Å². The number of aliphatic hydroxyl groups excluding tert-OH is 1. The Hall–Kier alpha value is -2.41. The Morgan fingerprint density at radius 2 is 1.75 bits per heavy atom. The summed E-state index contributed by atoms with van der Waals surface area (Å²) in [4.78, 5) is 11.5. The predicted molar refractivity (Wildman–Crippen MR) is 108 cm³/mol. The topological polar surface area (TPSA) is 89.1 Å². The minimum atomic E-state index is -1.29. The number of aliphatic hydroxyl groups is 2. The van der Waals surface area contributed by atoms with Crippen molar-refractivity contribution in [2.24, 2.45) is 0 Å². The lowest BCUT2D eigenvalue weighted by Gasteiger charge is -2.27. The molecule has 0 amide bonds. The second kappa shape index (κ2) is 8.73. The van der Waals surface area contributed by atoms with Crippen LogP contribution in [0.3, 0.4) is 0 Å². The molecule has 0 aliphatic carbocycles. The lowest BCUT2D eigenvalue weighted by Crippen LogP contribution is -2.47. The molecule has 1 saturated heterocycles. The molecule has 1 fully saturated rings. The molecule has 0 unspecified atom stereocenters. The first kappa shape index (κ1) is 21.9. The molecule has 1 aromatic rings. The Morgan fingerprint density at radius 3 is 2.32 bits per heavy atom. The monoisotopic (exact) mass is 388 g/mol. The minimum absolute atomic E-state index is 0.444. The Kier molecular flexibility index (Phi) is 6.82. The average Bonchev–Trinajstić information content (AvgIpc) is 2.79. The molecule has 152 valence electrons. The molecule has 2 rings (SSSR count). The van der Waals surface area contributed by atoms with Gasteiger partial charge in [-0.1, -0.05) is 42.5 Å². The third-order valence-electron chi connectivity index (χ3n) is 5.00. The standard InChI is InChI=1S/C22H28O6/c1-15-17(27-19(23)14-18(15)26-5)12-10-8-6-7-9-11-13-21(3)20(24)22(4,25)16(2)28-21/h6-14,16,20,24-25H,1-5H3/t16-,20+,21+,22+/m1/s1. The zero-order valence-electron chi connectivity index (χ0n) is 16.9. The lowest BCUT2D eigenvalue weighted by molar-refractivity contribution is -0.0579. The smallest absolute Gasteiger partial charge is 0.339 e. The van der Waals surface area contributed by atoms with Crippen LogP contribution in [0.25, 0.3) is 6.08 Å². The summed E-state index contributed by atoms with van der Waals surface area (Å²) < 4.78 is 16.0. The van der Waals surface area contributed by atoms with E-state index in [9.17, 15) is 15.0 Å². The molecule has 2 heterocycles. The quantitative estimate of drug-likeness (QED) is 0.729. The van der Waals surface area contributed by atoms with Crippen molar-refractivity contribution in [1.82, 2.24) is 0 Å². The number of ether oxygens (including phenoxy) is 2. The summed E-state index contributed by atoms with van der Waals surface area (Å²) in [5.74, 6) is 0.933. The summed E-state index contributed by atoms with van der Waals surface area (Å²) in [6.07, 6.45) is 12.6. The van der Waals surface area contributed by atoms with Crippen LogP contribution in [0.2, 0.25) is 0 Å². The van der Waals surface area contributed by atoms with Gasteiger partial charge in [-0.25, -0.2) is 4.79 Å². The molecule has 2 N–H and O–H groups in total. The normalized spacial score (nSPS) is 31.1. The number of hydrogen-bond acceptors (Lipinski definition) is 6. The Bertz CT molecular complexity index is 858. The van der Waals surface area contributed by atoms with Crippen molar-refractivity contribution < 1.29 is 24.1 Å². The number of hydrogen-bond donors (Lipinski definition) is 2. The van der Waals surface area contributed by atoms with E-state index in [4.69, 9.17) is 13.9 Å². The van der Waals surface area contributed by atoms with E-state index in [-0.39, 0.29) is 0 Å². The molecule has 0 aromatic carbocycles. The Labute approximate surface area is 165 Å². The van der Waals surface area contributed by atoms with Crippen LogP contribution in [0.15, 0.2) is 57.8 Å². The van der Waals surface area contributed by atoms with Gasteiger partial charge in [0.2, 0.25) is 0 Å². The van der Waals surface area contributed by atoms with E-state index >= 15 is 0 Å². The maximum atomic E-state index is 11.5. The van der Waals surface area contributed by atoms with Gasteiger partial charge in [-0.15, -0.1) is 0 Å². The van der Waals surface area contributed by atoms with Crippen molar-refractivity contribution in [3.05, 3.63) is 70.3 Å². The molecule has 0 bridgehead atoms. The van der Waals surface area contributed by atoms with Gasteiger partial charge >= 0.3 is 5.63 Å². The highest BCUT2D eigenvalue weighted by atomic mass is 16.6. The molecular weight excluding hydrogens is 360 g/mol. The van der Waals surface area contributed by atoms with E-state index in [1.54, 1.807) is 57.2 Å².